The minimum absolute atomic E-state index is 0.114. The van der Waals surface area contributed by atoms with Crippen molar-refractivity contribution in [2.24, 2.45) is 4.99 Å². The zero-order valence-corrected chi connectivity index (χ0v) is 14.1. The van der Waals surface area contributed by atoms with Crippen LogP contribution < -0.4 is 16.5 Å². The molecule has 0 unspecified atom stereocenters. The number of hydrogen-bond donors (Lipinski definition) is 3. The molecule has 1 fully saturated rings. The molecule has 0 radical (unpaired) electrons. The molecule has 1 amide bonds. The highest BCUT2D eigenvalue weighted by Crippen LogP contribution is 2.42. The van der Waals surface area contributed by atoms with Crippen molar-refractivity contribution in [3.63, 3.8) is 0 Å². The Balaban J connectivity index is 1.94. The molecule has 130 valence electrons. The molecule has 1 aliphatic heterocycles. The lowest BCUT2D eigenvalue weighted by Crippen LogP contribution is -2.43. The van der Waals surface area contributed by atoms with Crippen LogP contribution in [0.15, 0.2) is 29.4 Å². The Morgan fingerprint density at radius 2 is 2.08 bits per heavy atom. The van der Waals surface area contributed by atoms with Gasteiger partial charge in [0.1, 0.15) is 5.82 Å². The normalized spacial score (nSPS) is 19.1. The van der Waals surface area contributed by atoms with Crippen molar-refractivity contribution in [3.05, 3.63) is 46.7 Å². The van der Waals surface area contributed by atoms with Crippen LogP contribution in [0.1, 0.15) is 53.7 Å². The number of rotatable bonds is 1. The van der Waals surface area contributed by atoms with Crippen LogP contribution in [0.2, 0.25) is 0 Å². The average Bonchev–Trinajstić information content (AvgIpc) is 2.85. The second kappa shape index (κ2) is 5.61. The summed E-state index contributed by atoms with van der Waals surface area (Å²) in [6.45, 7) is 1.88. The number of anilines is 1. The number of nitrogen functional groups attached to an aromatic ring is 1. The number of carbonyl (C=O) groups is 1. The third-order valence-electron chi connectivity index (χ3n) is 5.15. The molecule has 2 aromatic rings. The number of amides is 1. The van der Waals surface area contributed by atoms with E-state index >= 15 is 0 Å². The van der Waals surface area contributed by atoms with Gasteiger partial charge < -0.3 is 16.3 Å². The highest BCUT2D eigenvalue weighted by Gasteiger charge is 2.47. The van der Waals surface area contributed by atoms with Gasteiger partial charge >= 0.3 is 0 Å². The molecule has 0 aromatic carbocycles. The zero-order chi connectivity index (χ0) is 17.6. The average molecular weight is 339 g/mol. The van der Waals surface area contributed by atoms with Crippen molar-refractivity contribution >= 4 is 17.4 Å². The van der Waals surface area contributed by atoms with Crippen LogP contribution >= 0.6 is 0 Å². The summed E-state index contributed by atoms with van der Waals surface area (Å²) in [5.74, 6) is 0.251. The van der Waals surface area contributed by atoms with Gasteiger partial charge in [0.05, 0.1) is 22.5 Å². The fourth-order valence-electron chi connectivity index (χ4n) is 4.04. The van der Waals surface area contributed by atoms with Crippen LogP contribution in [-0.4, -0.2) is 20.8 Å². The molecule has 25 heavy (non-hydrogen) atoms. The molecule has 7 heteroatoms. The fourth-order valence-corrected chi connectivity index (χ4v) is 4.04. The van der Waals surface area contributed by atoms with Crippen LogP contribution in [0.25, 0.3) is 0 Å². The third-order valence-corrected chi connectivity index (χ3v) is 5.15. The Morgan fingerprint density at radius 1 is 1.32 bits per heavy atom. The quantitative estimate of drug-likeness (QED) is 0.692. The Kier molecular flexibility index (Phi) is 3.52. The van der Waals surface area contributed by atoms with Crippen molar-refractivity contribution in [1.82, 2.24) is 15.0 Å². The second-order valence-corrected chi connectivity index (χ2v) is 6.87. The summed E-state index contributed by atoms with van der Waals surface area (Å²) in [6.07, 6.45) is 6.44. The Bertz CT molecular complexity index is 926. The van der Waals surface area contributed by atoms with Crippen molar-refractivity contribution in [2.75, 3.05) is 5.73 Å². The van der Waals surface area contributed by atoms with E-state index in [1.165, 1.54) is 0 Å². The van der Waals surface area contributed by atoms with Crippen molar-refractivity contribution in [2.45, 2.75) is 44.6 Å². The predicted octanol–water partition coefficient (Wildman–Crippen LogP) is 2.15. The van der Waals surface area contributed by atoms with E-state index in [-0.39, 0.29) is 5.91 Å². The molecule has 1 saturated carbocycles. The first-order valence-electron chi connectivity index (χ1n) is 8.55. The summed E-state index contributed by atoms with van der Waals surface area (Å²) in [5.41, 5.74) is 8.20. The van der Waals surface area contributed by atoms with Gasteiger partial charge in [-0.25, -0.2) is 9.98 Å². The predicted molar refractivity (Wildman–Crippen MR) is 92.5 cm³/mol. The monoisotopic (exact) mass is 339 g/mol. The minimum atomic E-state index is -0.493. The Hall–Kier alpha value is -2.83. The Morgan fingerprint density at radius 3 is 2.80 bits per heavy atom. The summed E-state index contributed by atoms with van der Waals surface area (Å²) >= 11 is 0. The van der Waals surface area contributed by atoms with E-state index in [0.29, 0.717) is 28.3 Å². The lowest BCUT2D eigenvalue weighted by atomic mass is 9.79. The lowest BCUT2D eigenvalue weighted by Gasteiger charge is -2.34. The largest absolute Gasteiger partial charge is 0.427 e. The molecule has 3 heterocycles. The molecule has 2 aromatic heterocycles. The number of carbonyl (C=O) groups excluding carboxylic acids is 1. The molecule has 1 spiro atoms. The van der Waals surface area contributed by atoms with Gasteiger partial charge in [0.25, 0.3) is 5.91 Å². The van der Waals surface area contributed by atoms with E-state index in [1.54, 1.807) is 24.4 Å². The number of nitrogens with one attached hydrogen (secondary N) is 1. The van der Waals surface area contributed by atoms with Crippen LogP contribution in [-0.2, 0) is 5.54 Å². The molecule has 0 saturated heterocycles. The number of aryl methyl sites for hydroxylation is 1. The van der Waals surface area contributed by atoms with Crippen LogP contribution in [0.4, 0.5) is 11.5 Å². The van der Waals surface area contributed by atoms with E-state index in [0.717, 1.165) is 42.4 Å². The van der Waals surface area contributed by atoms with E-state index < -0.39 is 5.54 Å². The molecular weight excluding hydrogens is 318 g/mol. The fraction of sp³-hybridized carbons (Fsp3) is 0.389. The van der Waals surface area contributed by atoms with Crippen molar-refractivity contribution in [3.8, 4) is 0 Å². The van der Waals surface area contributed by atoms with Gasteiger partial charge in [0.2, 0.25) is 0 Å². The molecular formula is C18H21N5O2. The van der Waals surface area contributed by atoms with Gasteiger partial charge in [-0.2, -0.15) is 4.73 Å². The maximum atomic E-state index is 12.5. The summed E-state index contributed by atoms with van der Waals surface area (Å²) < 4.78 is 1.07. The van der Waals surface area contributed by atoms with E-state index in [9.17, 15) is 10.0 Å². The van der Waals surface area contributed by atoms with Crippen molar-refractivity contribution < 1.29 is 10.0 Å². The first kappa shape index (κ1) is 15.7. The number of hydrogen-bond acceptors (Lipinski definition) is 5. The van der Waals surface area contributed by atoms with E-state index in [4.69, 9.17) is 5.73 Å². The summed E-state index contributed by atoms with van der Waals surface area (Å²) in [5, 5.41) is 14.0. The van der Waals surface area contributed by atoms with Crippen LogP contribution in [0.3, 0.4) is 0 Å². The SMILES string of the molecule is Cc1cc(=Nc2ccnc(N)c2)n(O)c2c1C(=O)NC21CCCCC1. The van der Waals surface area contributed by atoms with Crippen LogP contribution in [0.5, 0.6) is 0 Å². The molecule has 1 aliphatic carbocycles. The molecule has 4 N–H and O–H groups in total. The zero-order valence-electron chi connectivity index (χ0n) is 14.1. The van der Waals surface area contributed by atoms with Crippen LogP contribution in [0, 0.1) is 6.92 Å². The van der Waals surface area contributed by atoms with Gasteiger partial charge in [0.15, 0.2) is 5.49 Å². The highest BCUT2D eigenvalue weighted by atomic mass is 16.5. The highest BCUT2D eigenvalue weighted by molar-refractivity contribution is 6.00. The van der Waals surface area contributed by atoms with E-state index in [1.807, 2.05) is 6.92 Å². The smallest absolute Gasteiger partial charge is 0.254 e. The first-order valence-corrected chi connectivity index (χ1v) is 8.55. The molecule has 4 rings (SSSR count). The minimum Gasteiger partial charge on any atom is -0.427 e. The molecule has 0 atom stereocenters. The second-order valence-electron chi connectivity index (χ2n) is 6.87. The first-order chi connectivity index (χ1) is 12.0. The molecule has 0 bridgehead atoms. The number of pyridine rings is 2. The van der Waals surface area contributed by atoms with Crippen molar-refractivity contribution in [1.29, 1.82) is 0 Å². The summed E-state index contributed by atoms with van der Waals surface area (Å²) in [4.78, 5) is 21.0. The number of aromatic nitrogens is 2. The molecule has 7 nitrogen and oxygen atoms in total. The number of nitrogens with zero attached hydrogens (tertiary/aromatic N) is 3. The third kappa shape index (κ3) is 2.47. The van der Waals surface area contributed by atoms with Gasteiger partial charge in [-0.1, -0.05) is 19.3 Å². The Labute approximate surface area is 145 Å². The van der Waals surface area contributed by atoms with E-state index in [2.05, 4.69) is 15.3 Å². The lowest BCUT2D eigenvalue weighted by molar-refractivity contribution is 0.0892. The number of nitrogens with two attached hydrogens (primary N) is 1. The maximum absolute atomic E-state index is 12.5. The van der Waals surface area contributed by atoms with Gasteiger partial charge in [0, 0.05) is 12.3 Å². The topological polar surface area (TPSA) is 106 Å². The maximum Gasteiger partial charge on any atom is 0.254 e. The standard InChI is InChI=1S/C18H21N5O2/c1-11-9-14(21-12-5-8-20-13(19)10-12)23(25)16-15(11)17(24)22-18(16)6-3-2-4-7-18/h5,8-10,25H,2-4,6-7H2,1H3,(H2,19,20)(H,22,24). The summed E-state index contributed by atoms with van der Waals surface area (Å²) in [7, 11) is 0. The molecule has 2 aliphatic rings. The van der Waals surface area contributed by atoms with Gasteiger partial charge in [-0.15, -0.1) is 0 Å². The number of fused-ring (bicyclic) bond motifs is 2. The summed E-state index contributed by atoms with van der Waals surface area (Å²) in [6, 6.07) is 5.08. The van der Waals surface area contributed by atoms with Gasteiger partial charge in [-0.3, -0.25) is 4.79 Å². The van der Waals surface area contributed by atoms with Gasteiger partial charge in [-0.05, 0) is 37.5 Å².